The second-order valence-corrected chi connectivity index (χ2v) is 6.63. The molecule has 1 heterocycles. The Morgan fingerprint density at radius 2 is 1.63 bits per heavy atom. The summed E-state index contributed by atoms with van der Waals surface area (Å²) in [5, 5.41) is 3.59. The van der Waals surface area contributed by atoms with Crippen LogP contribution >= 0.6 is 0 Å². The van der Waals surface area contributed by atoms with Crippen LogP contribution in [0.5, 0.6) is 11.5 Å². The highest BCUT2D eigenvalue weighted by Gasteiger charge is 2.11. The summed E-state index contributed by atoms with van der Waals surface area (Å²) in [6.45, 7) is 0. The number of amides is 1. The highest BCUT2D eigenvalue weighted by atomic mass is 19.1. The Kier molecular flexibility index (Phi) is 5.30. The number of anilines is 1. The van der Waals surface area contributed by atoms with Gasteiger partial charge in [0.1, 0.15) is 17.3 Å². The van der Waals surface area contributed by atoms with Crippen LogP contribution in [-0.2, 0) is 0 Å². The molecule has 0 aliphatic carbocycles. The third-order valence-corrected chi connectivity index (χ3v) is 4.74. The van der Waals surface area contributed by atoms with Crippen LogP contribution in [0.4, 0.5) is 10.1 Å². The summed E-state index contributed by atoms with van der Waals surface area (Å²) in [4.78, 5) is 17.1. The number of halogens is 1. The molecule has 1 amide bonds. The first-order valence-electron chi connectivity index (χ1n) is 9.27. The lowest BCUT2D eigenvalue weighted by Gasteiger charge is -2.11. The van der Waals surface area contributed by atoms with E-state index in [1.165, 1.54) is 24.3 Å². The second-order valence-electron chi connectivity index (χ2n) is 6.63. The van der Waals surface area contributed by atoms with Gasteiger partial charge >= 0.3 is 0 Å². The van der Waals surface area contributed by atoms with Gasteiger partial charge in [-0.2, -0.15) is 0 Å². The third-order valence-electron chi connectivity index (χ3n) is 4.74. The van der Waals surface area contributed by atoms with Gasteiger partial charge in [-0.05, 0) is 66.7 Å². The largest absolute Gasteiger partial charge is 0.497 e. The Morgan fingerprint density at radius 3 is 2.30 bits per heavy atom. The molecule has 150 valence electrons. The van der Waals surface area contributed by atoms with Crippen LogP contribution in [0.25, 0.3) is 22.2 Å². The van der Waals surface area contributed by atoms with Crippen molar-refractivity contribution in [3.05, 3.63) is 84.2 Å². The number of ether oxygens (including phenoxy) is 2. The van der Waals surface area contributed by atoms with Gasteiger partial charge in [0.15, 0.2) is 0 Å². The second kappa shape index (κ2) is 8.21. The van der Waals surface area contributed by atoms with E-state index in [-0.39, 0.29) is 11.7 Å². The monoisotopic (exact) mass is 402 g/mol. The fourth-order valence-electron chi connectivity index (χ4n) is 3.16. The Hall–Kier alpha value is -3.93. The number of methoxy groups -OCH3 is 2. The van der Waals surface area contributed by atoms with E-state index in [0.29, 0.717) is 17.0 Å². The van der Waals surface area contributed by atoms with Crippen LogP contribution < -0.4 is 14.8 Å². The molecule has 0 unspecified atom stereocenters. The molecule has 0 spiro atoms. The van der Waals surface area contributed by atoms with Crippen molar-refractivity contribution >= 4 is 22.5 Å². The number of fused-ring (bicyclic) bond motifs is 1. The number of carbonyl (C=O) groups is 1. The normalized spacial score (nSPS) is 10.6. The van der Waals surface area contributed by atoms with Crippen molar-refractivity contribution in [3.63, 3.8) is 0 Å². The zero-order chi connectivity index (χ0) is 21.1. The van der Waals surface area contributed by atoms with Crippen molar-refractivity contribution in [1.29, 1.82) is 0 Å². The minimum Gasteiger partial charge on any atom is -0.497 e. The average molecular weight is 402 g/mol. The number of nitrogens with zero attached hydrogens (tertiary/aromatic N) is 1. The first-order chi connectivity index (χ1) is 14.6. The fourth-order valence-corrected chi connectivity index (χ4v) is 3.16. The van der Waals surface area contributed by atoms with Crippen LogP contribution in [0.3, 0.4) is 0 Å². The fraction of sp³-hybridized carbons (Fsp3) is 0.0833. The van der Waals surface area contributed by atoms with E-state index in [9.17, 15) is 9.18 Å². The van der Waals surface area contributed by atoms with E-state index in [4.69, 9.17) is 14.5 Å². The molecule has 0 fully saturated rings. The molecule has 1 aromatic heterocycles. The Morgan fingerprint density at radius 1 is 0.900 bits per heavy atom. The summed E-state index contributed by atoms with van der Waals surface area (Å²) in [5.41, 5.74) is 3.40. The number of aromatic nitrogens is 1. The first-order valence-corrected chi connectivity index (χ1v) is 9.27. The smallest absolute Gasteiger partial charge is 0.255 e. The third kappa shape index (κ3) is 3.93. The molecule has 0 saturated heterocycles. The summed E-state index contributed by atoms with van der Waals surface area (Å²) in [6.07, 6.45) is 0. The summed E-state index contributed by atoms with van der Waals surface area (Å²) >= 11 is 0. The number of benzene rings is 3. The van der Waals surface area contributed by atoms with Crippen molar-refractivity contribution in [2.75, 3.05) is 19.5 Å². The predicted molar refractivity (Wildman–Crippen MR) is 115 cm³/mol. The number of hydrogen-bond donors (Lipinski definition) is 1. The number of hydrogen-bond acceptors (Lipinski definition) is 4. The highest BCUT2D eigenvalue weighted by Crippen LogP contribution is 2.32. The van der Waals surface area contributed by atoms with Gasteiger partial charge in [0.25, 0.3) is 5.91 Å². The van der Waals surface area contributed by atoms with E-state index in [1.54, 1.807) is 26.4 Å². The van der Waals surface area contributed by atoms with E-state index in [1.807, 2.05) is 36.4 Å². The van der Waals surface area contributed by atoms with Crippen LogP contribution in [0.2, 0.25) is 0 Å². The number of nitrogens with one attached hydrogen (secondary N) is 1. The van der Waals surface area contributed by atoms with E-state index < -0.39 is 0 Å². The maximum absolute atomic E-state index is 13.1. The number of rotatable bonds is 5. The topological polar surface area (TPSA) is 60.5 Å². The van der Waals surface area contributed by atoms with Crippen LogP contribution in [0.1, 0.15) is 10.4 Å². The summed E-state index contributed by atoms with van der Waals surface area (Å²) < 4.78 is 23.8. The van der Waals surface area contributed by atoms with Gasteiger partial charge in [-0.1, -0.05) is 0 Å². The minimum absolute atomic E-state index is 0.323. The van der Waals surface area contributed by atoms with Gasteiger partial charge in [-0.25, -0.2) is 9.37 Å². The average Bonchev–Trinajstić information content (AvgIpc) is 2.78. The van der Waals surface area contributed by atoms with Gasteiger partial charge in [0.2, 0.25) is 0 Å². The van der Waals surface area contributed by atoms with Crippen molar-refractivity contribution < 1.29 is 18.7 Å². The predicted octanol–water partition coefficient (Wildman–Crippen LogP) is 5.31. The molecule has 0 aliphatic heterocycles. The van der Waals surface area contributed by atoms with Gasteiger partial charge < -0.3 is 14.8 Å². The molecule has 4 rings (SSSR count). The lowest BCUT2D eigenvalue weighted by atomic mass is 10.1. The Bertz CT molecular complexity index is 1210. The first kappa shape index (κ1) is 19.4. The van der Waals surface area contributed by atoms with Crippen molar-refractivity contribution in [1.82, 2.24) is 4.98 Å². The molecule has 6 heteroatoms. The molecule has 0 saturated carbocycles. The van der Waals surface area contributed by atoms with Crippen LogP contribution in [0.15, 0.2) is 72.8 Å². The van der Waals surface area contributed by atoms with Crippen LogP contribution in [-0.4, -0.2) is 25.1 Å². The summed E-state index contributed by atoms with van der Waals surface area (Å²) in [7, 11) is 3.22. The van der Waals surface area contributed by atoms with Gasteiger partial charge in [-0.3, -0.25) is 4.79 Å². The molecular formula is C24H19FN2O3. The maximum atomic E-state index is 13.1. The lowest BCUT2D eigenvalue weighted by molar-refractivity contribution is 0.102. The van der Waals surface area contributed by atoms with E-state index in [0.717, 1.165) is 27.9 Å². The molecule has 1 N–H and O–H groups in total. The van der Waals surface area contributed by atoms with Crippen molar-refractivity contribution in [3.8, 4) is 22.8 Å². The lowest BCUT2D eigenvalue weighted by Crippen LogP contribution is -2.11. The zero-order valence-electron chi connectivity index (χ0n) is 16.5. The molecule has 0 aliphatic rings. The molecule has 5 nitrogen and oxygen atoms in total. The molecule has 0 radical (unpaired) electrons. The SMILES string of the molecule is COc1ccc(-c2cc(OC)c3cc(NC(=O)c4ccc(F)cc4)ccc3n2)cc1. The van der Waals surface area contributed by atoms with Gasteiger partial charge in [0, 0.05) is 28.3 Å². The van der Waals surface area contributed by atoms with E-state index in [2.05, 4.69) is 5.32 Å². The summed E-state index contributed by atoms with van der Waals surface area (Å²) in [5.74, 6) is 0.702. The standard InChI is InChI=1S/C24H19FN2O3/c1-29-19-10-5-15(6-11-19)22-14-23(30-2)20-13-18(9-12-21(20)27-22)26-24(28)16-3-7-17(25)8-4-16/h3-14H,1-2H3,(H,26,28). The van der Waals surface area contributed by atoms with Crippen LogP contribution in [0, 0.1) is 5.82 Å². The summed E-state index contributed by atoms with van der Waals surface area (Å²) in [6, 6.07) is 20.3. The Balaban J connectivity index is 1.66. The quantitative estimate of drug-likeness (QED) is 0.491. The van der Waals surface area contributed by atoms with Crippen molar-refractivity contribution in [2.24, 2.45) is 0 Å². The van der Waals surface area contributed by atoms with Gasteiger partial charge in [0.05, 0.1) is 25.4 Å². The molecule has 0 bridgehead atoms. The Labute approximate surface area is 173 Å². The van der Waals surface area contributed by atoms with Crippen molar-refractivity contribution in [2.45, 2.75) is 0 Å². The molecule has 0 atom stereocenters. The number of carbonyl (C=O) groups excluding carboxylic acids is 1. The molecule has 30 heavy (non-hydrogen) atoms. The number of pyridine rings is 1. The highest BCUT2D eigenvalue weighted by molar-refractivity contribution is 6.05. The molecule has 3 aromatic carbocycles. The molecular weight excluding hydrogens is 383 g/mol. The van der Waals surface area contributed by atoms with E-state index >= 15 is 0 Å². The zero-order valence-corrected chi connectivity index (χ0v) is 16.5. The molecule has 4 aromatic rings. The maximum Gasteiger partial charge on any atom is 0.255 e. The minimum atomic E-state index is -0.388. The van der Waals surface area contributed by atoms with Gasteiger partial charge in [-0.15, -0.1) is 0 Å².